The van der Waals surface area contributed by atoms with E-state index in [1.807, 2.05) is 24.3 Å². The van der Waals surface area contributed by atoms with Crippen molar-refractivity contribution >= 4 is 13.6 Å². The normalized spacial score (nSPS) is 11.3. The second kappa shape index (κ2) is 8.33. The lowest BCUT2D eigenvalue weighted by atomic mass is 10.1. The summed E-state index contributed by atoms with van der Waals surface area (Å²) < 4.78 is 22.1. The van der Waals surface area contributed by atoms with Gasteiger partial charge in [0.1, 0.15) is 5.56 Å². The molecule has 0 saturated heterocycles. The van der Waals surface area contributed by atoms with Gasteiger partial charge >= 0.3 is 7.82 Å². The zero-order chi connectivity index (χ0) is 20.1. The Labute approximate surface area is 160 Å². The zero-order valence-electron chi connectivity index (χ0n) is 14.7. The van der Waals surface area contributed by atoms with Gasteiger partial charge in [0, 0.05) is 12.5 Å². The Morgan fingerprint density at radius 2 is 1.96 bits per heavy atom. The number of benzene rings is 1. The van der Waals surface area contributed by atoms with Crippen molar-refractivity contribution in [3.63, 3.8) is 0 Å². The van der Waals surface area contributed by atoms with Gasteiger partial charge in [-0.3, -0.25) is 5.73 Å². The number of phosphoric acid groups is 1. The molecular formula is C18H18N4O5P+. The minimum absolute atomic E-state index is 0.222. The first-order chi connectivity index (χ1) is 13.4. The van der Waals surface area contributed by atoms with Gasteiger partial charge in [-0.05, 0) is 23.3 Å². The van der Waals surface area contributed by atoms with Crippen molar-refractivity contribution in [1.82, 2.24) is 5.16 Å². The van der Waals surface area contributed by atoms with E-state index in [1.165, 1.54) is 10.8 Å². The highest BCUT2D eigenvalue weighted by atomic mass is 31.2. The second-order valence-electron chi connectivity index (χ2n) is 6.04. The first kappa shape index (κ1) is 19.7. The van der Waals surface area contributed by atoms with Crippen molar-refractivity contribution in [2.24, 2.45) is 0 Å². The topological polar surface area (TPSA) is 146 Å². The van der Waals surface area contributed by atoms with Crippen LogP contribution in [0.1, 0.15) is 16.8 Å². The Morgan fingerprint density at radius 3 is 2.64 bits per heavy atom. The highest BCUT2D eigenvalue weighted by Crippen LogP contribution is 2.35. The Balaban J connectivity index is 1.76. The number of nitriles is 1. The molecule has 4 N–H and O–H groups in total. The van der Waals surface area contributed by atoms with E-state index < -0.39 is 14.6 Å². The highest BCUT2D eigenvalue weighted by molar-refractivity contribution is 7.46. The molecular weight excluding hydrogens is 383 g/mol. The van der Waals surface area contributed by atoms with Crippen LogP contribution in [0.15, 0.2) is 53.2 Å². The molecule has 0 saturated carbocycles. The maximum atomic E-state index is 10.9. The van der Waals surface area contributed by atoms with E-state index in [2.05, 4.69) is 15.7 Å². The molecule has 2 aromatic heterocycles. The molecule has 0 unspecified atom stereocenters. The van der Waals surface area contributed by atoms with Gasteiger partial charge in [-0.25, -0.2) is 13.7 Å². The van der Waals surface area contributed by atoms with Crippen LogP contribution in [0.25, 0.3) is 11.3 Å². The minimum atomic E-state index is -4.61. The van der Waals surface area contributed by atoms with Crippen molar-refractivity contribution in [3.05, 3.63) is 65.5 Å². The summed E-state index contributed by atoms with van der Waals surface area (Å²) in [7, 11) is -4.61. The average Bonchev–Trinajstić information content (AvgIpc) is 3.10. The molecule has 0 amide bonds. The fraction of sp³-hybridized carbons (Fsp3) is 0.167. The van der Waals surface area contributed by atoms with E-state index in [0.717, 1.165) is 11.1 Å². The summed E-state index contributed by atoms with van der Waals surface area (Å²) in [5.74, 6) is 0.652. The van der Waals surface area contributed by atoms with Crippen LogP contribution in [0.2, 0.25) is 0 Å². The van der Waals surface area contributed by atoms with Crippen LogP contribution in [-0.2, 0) is 28.7 Å². The SMILES string of the molecule is N#CCc1ccc(Cc2cc(-c3ccc[n+](COP(=O)(O)O)c3N)on2)cc1. The van der Waals surface area contributed by atoms with E-state index in [-0.39, 0.29) is 5.82 Å². The zero-order valence-corrected chi connectivity index (χ0v) is 15.6. The number of pyridine rings is 1. The fourth-order valence-corrected chi connectivity index (χ4v) is 2.89. The van der Waals surface area contributed by atoms with E-state index in [9.17, 15) is 4.57 Å². The molecule has 9 nitrogen and oxygen atoms in total. The maximum Gasteiger partial charge on any atom is 0.472 e. The van der Waals surface area contributed by atoms with E-state index in [4.69, 9.17) is 25.3 Å². The molecule has 0 fully saturated rings. The summed E-state index contributed by atoms with van der Waals surface area (Å²) in [6, 6.07) is 14.9. The number of phosphoric ester groups is 1. The Hall–Kier alpha value is -3.02. The van der Waals surface area contributed by atoms with Crippen molar-refractivity contribution in [1.29, 1.82) is 5.26 Å². The molecule has 10 heteroatoms. The van der Waals surface area contributed by atoms with Crippen LogP contribution < -0.4 is 10.3 Å². The van der Waals surface area contributed by atoms with Gasteiger partial charge in [-0.2, -0.15) is 5.26 Å². The smallest absolute Gasteiger partial charge is 0.356 e. The number of hydrogen-bond donors (Lipinski definition) is 3. The van der Waals surface area contributed by atoms with Crippen molar-refractivity contribution in [2.45, 2.75) is 19.6 Å². The van der Waals surface area contributed by atoms with Crippen LogP contribution in [0.4, 0.5) is 5.82 Å². The lowest BCUT2D eigenvalue weighted by Crippen LogP contribution is -2.38. The molecule has 0 radical (unpaired) electrons. The predicted octanol–water partition coefficient (Wildman–Crippen LogP) is 1.93. The van der Waals surface area contributed by atoms with Crippen molar-refractivity contribution in [2.75, 3.05) is 5.73 Å². The molecule has 2 heterocycles. The summed E-state index contributed by atoms with van der Waals surface area (Å²) >= 11 is 0. The lowest BCUT2D eigenvalue weighted by Gasteiger charge is -2.07. The minimum Gasteiger partial charge on any atom is -0.356 e. The maximum absolute atomic E-state index is 10.9. The van der Waals surface area contributed by atoms with Gasteiger partial charge < -0.3 is 14.3 Å². The van der Waals surface area contributed by atoms with Gasteiger partial charge in [0.05, 0.1) is 24.4 Å². The third-order valence-corrected chi connectivity index (χ3v) is 4.45. The molecule has 0 aliphatic rings. The largest absolute Gasteiger partial charge is 0.472 e. The molecule has 0 spiro atoms. The number of aromatic nitrogens is 2. The Morgan fingerprint density at radius 1 is 1.25 bits per heavy atom. The van der Waals surface area contributed by atoms with Crippen molar-refractivity contribution < 1.29 is 28.0 Å². The third kappa shape index (κ3) is 5.03. The van der Waals surface area contributed by atoms with E-state index in [0.29, 0.717) is 29.9 Å². The van der Waals surface area contributed by atoms with E-state index in [1.54, 1.807) is 18.2 Å². The Bertz CT molecular complexity index is 1050. The number of hydrogen-bond acceptors (Lipinski definition) is 6. The number of nitrogen functional groups attached to an aromatic ring is 1. The van der Waals surface area contributed by atoms with Gasteiger partial charge in [0.15, 0.2) is 5.76 Å². The fourth-order valence-electron chi connectivity index (χ4n) is 2.62. The van der Waals surface area contributed by atoms with Gasteiger partial charge in [0.25, 0.3) is 5.82 Å². The molecule has 0 aliphatic heterocycles. The van der Waals surface area contributed by atoms with Crippen LogP contribution in [0.3, 0.4) is 0 Å². The standard InChI is InChI=1S/C18H17N4O5P/c19-8-7-13-3-5-14(6-4-13)10-15-11-17(27-21-15)16-2-1-9-22(18(16)20)12-26-28(23,24)25/h1-6,9,11,20H,7,10,12H2,(H2,23,24,25)/p+1. The first-order valence-electron chi connectivity index (χ1n) is 8.24. The van der Waals surface area contributed by atoms with Crippen LogP contribution in [0.5, 0.6) is 0 Å². The highest BCUT2D eigenvalue weighted by Gasteiger charge is 2.20. The predicted molar refractivity (Wildman–Crippen MR) is 98.2 cm³/mol. The molecule has 144 valence electrons. The molecule has 28 heavy (non-hydrogen) atoms. The molecule has 0 aliphatic carbocycles. The van der Waals surface area contributed by atoms with Crippen LogP contribution in [-0.4, -0.2) is 14.9 Å². The lowest BCUT2D eigenvalue weighted by molar-refractivity contribution is -0.711. The summed E-state index contributed by atoms with van der Waals surface area (Å²) in [4.78, 5) is 17.7. The van der Waals surface area contributed by atoms with Crippen LogP contribution >= 0.6 is 7.82 Å². The third-order valence-electron chi connectivity index (χ3n) is 4.00. The quantitative estimate of drug-likeness (QED) is 0.402. The summed E-state index contributed by atoms with van der Waals surface area (Å²) in [6.45, 7) is -0.403. The Kier molecular flexibility index (Phi) is 5.87. The number of rotatable bonds is 7. The second-order valence-corrected chi connectivity index (χ2v) is 7.28. The molecule has 0 bridgehead atoms. The summed E-state index contributed by atoms with van der Waals surface area (Å²) in [5.41, 5.74) is 9.26. The van der Waals surface area contributed by atoms with Gasteiger partial charge in [0.2, 0.25) is 6.73 Å². The first-order valence-corrected chi connectivity index (χ1v) is 9.77. The van der Waals surface area contributed by atoms with Gasteiger partial charge in [-0.15, -0.1) is 0 Å². The molecule has 0 atom stereocenters. The number of anilines is 1. The number of nitrogens with two attached hydrogens (primary N) is 1. The summed E-state index contributed by atoms with van der Waals surface area (Å²) in [6.07, 6.45) is 2.45. The monoisotopic (exact) mass is 401 g/mol. The summed E-state index contributed by atoms with van der Waals surface area (Å²) in [5, 5.41) is 12.8. The average molecular weight is 401 g/mol. The van der Waals surface area contributed by atoms with Crippen molar-refractivity contribution in [3.8, 4) is 17.4 Å². The number of nitrogens with zero attached hydrogens (tertiary/aromatic N) is 3. The molecule has 3 rings (SSSR count). The molecule has 1 aromatic carbocycles. The van der Waals surface area contributed by atoms with Gasteiger partial charge in [-0.1, -0.05) is 29.4 Å². The molecule has 3 aromatic rings. The van der Waals surface area contributed by atoms with Crippen LogP contribution in [0, 0.1) is 11.3 Å². The van der Waals surface area contributed by atoms with E-state index >= 15 is 0 Å².